The molecule has 2 heterocycles. The summed E-state index contributed by atoms with van der Waals surface area (Å²) in [6.45, 7) is 0. The summed E-state index contributed by atoms with van der Waals surface area (Å²) in [5.41, 5.74) is 7.55. The molecule has 2 heteroatoms. The van der Waals surface area contributed by atoms with Gasteiger partial charge in [0.25, 0.3) is 0 Å². The van der Waals surface area contributed by atoms with Gasteiger partial charge in [-0.2, -0.15) is 0 Å². The average molecular weight is 386 g/mol. The van der Waals surface area contributed by atoms with Gasteiger partial charge in [0.1, 0.15) is 0 Å². The van der Waals surface area contributed by atoms with Gasteiger partial charge in [-0.1, -0.05) is 78.9 Å². The molecule has 0 amide bonds. The van der Waals surface area contributed by atoms with Crippen LogP contribution in [0.1, 0.15) is 0 Å². The molecule has 0 radical (unpaired) electrons. The third-order valence-corrected chi connectivity index (χ3v) is 6.33. The summed E-state index contributed by atoms with van der Waals surface area (Å²) in [7, 11) is 4.35. The quantitative estimate of drug-likeness (QED) is 0.299. The third kappa shape index (κ3) is 2.31. The summed E-state index contributed by atoms with van der Waals surface area (Å²) < 4.78 is 4.67. The van der Waals surface area contributed by atoms with Crippen LogP contribution < -0.4 is 0 Å². The van der Waals surface area contributed by atoms with Crippen LogP contribution in [0, 0.1) is 0 Å². The molecule has 6 rings (SSSR count). The fraction of sp³-hybridized carbons (Fsp3) is 0.0714. The van der Waals surface area contributed by atoms with E-state index in [0.717, 1.165) is 0 Å². The zero-order valence-corrected chi connectivity index (χ0v) is 17.1. The van der Waals surface area contributed by atoms with Gasteiger partial charge in [-0.25, -0.2) is 0 Å². The van der Waals surface area contributed by atoms with Crippen molar-refractivity contribution in [3.63, 3.8) is 0 Å². The Morgan fingerprint density at radius 3 is 1.60 bits per heavy atom. The summed E-state index contributed by atoms with van der Waals surface area (Å²) in [6.07, 6.45) is 0. The minimum absolute atomic E-state index is 1.24. The molecule has 0 atom stereocenters. The summed E-state index contributed by atoms with van der Waals surface area (Å²) in [6, 6.07) is 34.9. The Morgan fingerprint density at radius 2 is 0.967 bits per heavy atom. The normalized spacial score (nSPS) is 11.7. The van der Waals surface area contributed by atoms with Crippen molar-refractivity contribution in [3.05, 3.63) is 97.1 Å². The molecule has 0 aliphatic carbocycles. The first kappa shape index (κ1) is 17.1. The molecule has 6 aromatic rings. The summed E-state index contributed by atoms with van der Waals surface area (Å²) in [5, 5.41) is 5.20. The number of benzene rings is 4. The zero-order valence-electron chi connectivity index (χ0n) is 17.1. The molecule has 0 unspecified atom stereocenters. The van der Waals surface area contributed by atoms with E-state index in [1.165, 1.54) is 55.1 Å². The average Bonchev–Trinajstić information content (AvgIpc) is 3.24. The highest BCUT2D eigenvalue weighted by molar-refractivity contribution is 6.17. The maximum atomic E-state index is 2.39. The molecule has 0 N–H and O–H groups in total. The number of hydrogen-bond donors (Lipinski definition) is 0. The van der Waals surface area contributed by atoms with E-state index in [4.69, 9.17) is 0 Å². The van der Waals surface area contributed by atoms with Crippen LogP contribution in [0.3, 0.4) is 0 Å². The SMILES string of the molecule is Cn1c(-c2ccccc2)c2cc3c4ccccc4n(C)c3cc2c1-c1ccccc1. The molecule has 2 aromatic heterocycles. The van der Waals surface area contributed by atoms with Gasteiger partial charge in [-0.3, -0.25) is 0 Å². The Morgan fingerprint density at radius 1 is 0.433 bits per heavy atom. The Balaban J connectivity index is 1.82. The van der Waals surface area contributed by atoms with Crippen LogP contribution in [0.2, 0.25) is 0 Å². The molecular weight excluding hydrogens is 364 g/mol. The Labute approximate surface area is 175 Å². The van der Waals surface area contributed by atoms with Gasteiger partial charge in [0.15, 0.2) is 0 Å². The van der Waals surface area contributed by atoms with Crippen molar-refractivity contribution in [1.29, 1.82) is 0 Å². The third-order valence-electron chi connectivity index (χ3n) is 6.33. The van der Waals surface area contributed by atoms with Crippen LogP contribution in [-0.4, -0.2) is 9.13 Å². The minimum atomic E-state index is 1.24. The number of nitrogens with zero attached hydrogens (tertiary/aromatic N) is 2. The van der Waals surface area contributed by atoms with Gasteiger partial charge < -0.3 is 9.13 Å². The molecule has 0 spiro atoms. The van der Waals surface area contributed by atoms with Gasteiger partial charge in [0.05, 0.1) is 11.4 Å². The van der Waals surface area contributed by atoms with Gasteiger partial charge in [-0.15, -0.1) is 0 Å². The van der Waals surface area contributed by atoms with Crippen LogP contribution in [0.15, 0.2) is 97.1 Å². The van der Waals surface area contributed by atoms with Crippen molar-refractivity contribution in [2.45, 2.75) is 0 Å². The lowest BCUT2D eigenvalue weighted by atomic mass is 10.0. The van der Waals surface area contributed by atoms with E-state index in [1.54, 1.807) is 0 Å². The van der Waals surface area contributed by atoms with E-state index in [0.29, 0.717) is 0 Å². The van der Waals surface area contributed by atoms with Gasteiger partial charge >= 0.3 is 0 Å². The van der Waals surface area contributed by atoms with Crippen molar-refractivity contribution in [1.82, 2.24) is 9.13 Å². The number of aryl methyl sites for hydroxylation is 1. The predicted molar refractivity (Wildman–Crippen MR) is 128 cm³/mol. The summed E-state index contributed by atoms with van der Waals surface area (Å²) in [4.78, 5) is 0. The molecule has 0 saturated heterocycles. The zero-order chi connectivity index (χ0) is 20.2. The summed E-state index contributed by atoms with van der Waals surface area (Å²) >= 11 is 0. The molecule has 0 bridgehead atoms. The highest BCUT2D eigenvalue weighted by atomic mass is 15.0. The molecular formula is C28H22N2. The van der Waals surface area contributed by atoms with Crippen molar-refractivity contribution in [2.75, 3.05) is 0 Å². The number of para-hydroxylation sites is 1. The van der Waals surface area contributed by atoms with Gasteiger partial charge in [-0.05, 0) is 29.3 Å². The largest absolute Gasteiger partial charge is 0.344 e. The lowest BCUT2D eigenvalue weighted by Crippen LogP contribution is -1.94. The van der Waals surface area contributed by atoms with Crippen molar-refractivity contribution in [3.8, 4) is 22.5 Å². The first-order valence-corrected chi connectivity index (χ1v) is 10.3. The molecule has 2 nitrogen and oxygen atoms in total. The van der Waals surface area contributed by atoms with Crippen LogP contribution in [0.4, 0.5) is 0 Å². The van der Waals surface area contributed by atoms with Crippen LogP contribution >= 0.6 is 0 Å². The van der Waals surface area contributed by atoms with E-state index >= 15 is 0 Å². The molecule has 0 saturated carbocycles. The first-order chi connectivity index (χ1) is 14.7. The molecule has 4 aromatic carbocycles. The number of hydrogen-bond acceptors (Lipinski definition) is 0. The van der Waals surface area contributed by atoms with Gasteiger partial charge in [0, 0.05) is 46.7 Å². The Bertz CT molecular complexity index is 1530. The molecule has 144 valence electrons. The van der Waals surface area contributed by atoms with E-state index in [9.17, 15) is 0 Å². The fourth-order valence-corrected chi connectivity index (χ4v) is 4.96. The van der Waals surface area contributed by atoms with E-state index < -0.39 is 0 Å². The number of aromatic nitrogens is 2. The van der Waals surface area contributed by atoms with Crippen molar-refractivity contribution < 1.29 is 0 Å². The standard InChI is InChI=1S/C28H22N2/c1-29-25-16-10-9-15-21(25)22-17-23-24(18-26(22)29)28(20-13-7-4-8-14-20)30(2)27(23)19-11-5-3-6-12-19/h3-18H,1-2H3. The van der Waals surface area contributed by atoms with E-state index in [1.807, 2.05) is 0 Å². The molecule has 0 fully saturated rings. The molecule has 30 heavy (non-hydrogen) atoms. The van der Waals surface area contributed by atoms with Crippen LogP contribution in [-0.2, 0) is 14.1 Å². The maximum absolute atomic E-state index is 2.39. The smallest absolute Gasteiger partial charge is 0.0563 e. The molecule has 0 aliphatic rings. The Kier molecular flexibility index (Phi) is 3.63. The highest BCUT2D eigenvalue weighted by Crippen LogP contribution is 2.42. The second-order valence-electron chi connectivity index (χ2n) is 7.98. The van der Waals surface area contributed by atoms with Crippen molar-refractivity contribution >= 4 is 32.6 Å². The minimum Gasteiger partial charge on any atom is -0.344 e. The monoisotopic (exact) mass is 386 g/mol. The van der Waals surface area contributed by atoms with Crippen LogP contribution in [0.25, 0.3) is 55.1 Å². The lowest BCUT2D eigenvalue weighted by molar-refractivity contribution is 0.951. The van der Waals surface area contributed by atoms with E-state index in [-0.39, 0.29) is 0 Å². The van der Waals surface area contributed by atoms with Gasteiger partial charge in [0.2, 0.25) is 0 Å². The highest BCUT2D eigenvalue weighted by Gasteiger charge is 2.20. The number of rotatable bonds is 2. The van der Waals surface area contributed by atoms with E-state index in [2.05, 4.69) is 120 Å². The van der Waals surface area contributed by atoms with Crippen LogP contribution in [0.5, 0.6) is 0 Å². The maximum Gasteiger partial charge on any atom is 0.0563 e. The Hall–Kier alpha value is -3.78. The topological polar surface area (TPSA) is 9.86 Å². The first-order valence-electron chi connectivity index (χ1n) is 10.3. The number of fused-ring (bicyclic) bond motifs is 4. The lowest BCUT2D eigenvalue weighted by Gasteiger charge is -2.08. The second kappa shape index (κ2) is 6.36. The molecule has 0 aliphatic heterocycles. The predicted octanol–water partition coefficient (Wildman–Crippen LogP) is 7.16. The fourth-order valence-electron chi connectivity index (χ4n) is 4.96. The second-order valence-corrected chi connectivity index (χ2v) is 7.98. The summed E-state index contributed by atoms with van der Waals surface area (Å²) in [5.74, 6) is 0. The van der Waals surface area contributed by atoms with Crippen molar-refractivity contribution in [2.24, 2.45) is 14.1 Å².